The molecule has 0 unspecified atom stereocenters. The van der Waals surface area contributed by atoms with Gasteiger partial charge in [0.15, 0.2) is 5.65 Å². The zero-order valence-corrected chi connectivity index (χ0v) is 9.61. The highest BCUT2D eigenvalue weighted by Crippen LogP contribution is 2.41. The van der Waals surface area contributed by atoms with Gasteiger partial charge in [-0.05, 0) is 47.3 Å². The first-order chi connectivity index (χ1) is 7.21. The van der Waals surface area contributed by atoms with Gasteiger partial charge in [0.25, 0.3) is 0 Å². The molecule has 0 bridgehead atoms. The third-order valence-corrected chi connectivity index (χ3v) is 3.65. The lowest BCUT2D eigenvalue weighted by Crippen LogP contribution is -2.35. The summed E-state index contributed by atoms with van der Waals surface area (Å²) in [6, 6.07) is 3.82. The first-order valence-corrected chi connectivity index (χ1v) is 5.71. The fraction of sp³-hybridized carbons (Fsp3) is 0.400. The Morgan fingerprint density at radius 2 is 2.20 bits per heavy atom. The minimum atomic E-state index is -0.702. The van der Waals surface area contributed by atoms with Gasteiger partial charge in [0, 0.05) is 0 Å². The van der Waals surface area contributed by atoms with Gasteiger partial charge in [-0.2, -0.15) is 5.10 Å². The topological polar surface area (TPSA) is 50.4 Å². The van der Waals surface area contributed by atoms with Crippen LogP contribution in [0.4, 0.5) is 0 Å². The maximum absolute atomic E-state index is 10.3. The second-order valence-electron chi connectivity index (χ2n) is 3.95. The highest BCUT2D eigenvalue weighted by atomic mass is 79.9. The summed E-state index contributed by atoms with van der Waals surface area (Å²) in [6.45, 7) is 0. The maximum Gasteiger partial charge on any atom is 0.169 e. The lowest BCUT2D eigenvalue weighted by atomic mass is 9.77. The van der Waals surface area contributed by atoms with E-state index in [4.69, 9.17) is 0 Å². The number of hydrogen-bond acceptors (Lipinski definition) is 3. The Kier molecular flexibility index (Phi) is 1.87. The van der Waals surface area contributed by atoms with Crippen LogP contribution in [0, 0.1) is 0 Å². The Bertz CT molecular complexity index is 518. The molecule has 1 N–H and O–H groups in total. The lowest BCUT2D eigenvalue weighted by molar-refractivity contribution is -0.0443. The molecule has 4 nitrogen and oxygen atoms in total. The molecule has 1 saturated carbocycles. The highest BCUT2D eigenvalue weighted by molar-refractivity contribution is 9.10. The van der Waals surface area contributed by atoms with Gasteiger partial charge in [0.1, 0.15) is 11.9 Å². The monoisotopic (exact) mass is 267 g/mol. The molecule has 0 aromatic carbocycles. The number of hydrogen-bond donors (Lipinski definition) is 1. The fourth-order valence-electron chi connectivity index (χ4n) is 2.00. The Hall–Kier alpha value is -0.940. The van der Waals surface area contributed by atoms with Gasteiger partial charge in [-0.1, -0.05) is 0 Å². The van der Waals surface area contributed by atoms with Gasteiger partial charge < -0.3 is 5.11 Å². The van der Waals surface area contributed by atoms with E-state index in [2.05, 4.69) is 26.0 Å². The van der Waals surface area contributed by atoms with E-state index in [1.165, 1.54) is 6.33 Å². The molecule has 0 amide bonds. The van der Waals surface area contributed by atoms with Crippen molar-refractivity contribution in [2.75, 3.05) is 0 Å². The normalized spacial score (nSPS) is 19.1. The molecule has 2 aromatic rings. The van der Waals surface area contributed by atoms with Gasteiger partial charge in [-0.3, -0.25) is 0 Å². The highest BCUT2D eigenvalue weighted by Gasteiger charge is 2.38. The smallest absolute Gasteiger partial charge is 0.169 e. The van der Waals surface area contributed by atoms with Crippen LogP contribution >= 0.6 is 15.9 Å². The molecule has 78 valence electrons. The van der Waals surface area contributed by atoms with Crippen molar-refractivity contribution in [2.24, 2.45) is 0 Å². The summed E-state index contributed by atoms with van der Waals surface area (Å²) in [5.74, 6) is 0. The summed E-state index contributed by atoms with van der Waals surface area (Å²) in [5, 5.41) is 14.4. The molecule has 5 heteroatoms. The molecule has 2 heterocycles. The molecular weight excluding hydrogens is 258 g/mol. The summed E-state index contributed by atoms with van der Waals surface area (Å²) >= 11 is 3.41. The second-order valence-corrected chi connectivity index (χ2v) is 4.80. The maximum atomic E-state index is 10.3. The Labute approximate surface area is 95.1 Å². The predicted octanol–water partition coefficient (Wildman–Crippen LogP) is 1.86. The minimum absolute atomic E-state index is 0.702. The number of halogens is 1. The number of fused-ring (bicyclic) bond motifs is 1. The largest absolute Gasteiger partial charge is 0.384 e. The van der Waals surface area contributed by atoms with Crippen LogP contribution in [0.3, 0.4) is 0 Å². The molecule has 0 radical (unpaired) electrons. The third kappa shape index (κ3) is 1.23. The third-order valence-electron chi connectivity index (χ3n) is 3.03. The Morgan fingerprint density at radius 3 is 2.87 bits per heavy atom. The summed E-state index contributed by atoms with van der Waals surface area (Å²) in [4.78, 5) is 4.14. The van der Waals surface area contributed by atoms with Crippen molar-refractivity contribution in [2.45, 2.75) is 24.9 Å². The zero-order valence-electron chi connectivity index (χ0n) is 8.02. The van der Waals surface area contributed by atoms with Gasteiger partial charge in [-0.15, -0.1) is 0 Å². The Morgan fingerprint density at radius 1 is 1.40 bits per heavy atom. The van der Waals surface area contributed by atoms with Crippen molar-refractivity contribution in [1.82, 2.24) is 14.6 Å². The molecule has 0 atom stereocenters. The van der Waals surface area contributed by atoms with E-state index in [1.54, 1.807) is 4.52 Å². The van der Waals surface area contributed by atoms with Crippen LogP contribution in [0.1, 0.15) is 25.0 Å². The number of nitrogens with zero attached hydrogens (tertiary/aromatic N) is 3. The van der Waals surface area contributed by atoms with Crippen molar-refractivity contribution in [3.05, 3.63) is 28.6 Å². The fourth-order valence-corrected chi connectivity index (χ4v) is 2.40. The van der Waals surface area contributed by atoms with E-state index in [0.717, 1.165) is 35.1 Å². The molecule has 1 aliphatic carbocycles. The van der Waals surface area contributed by atoms with Crippen LogP contribution in [0.2, 0.25) is 0 Å². The number of pyridine rings is 1. The van der Waals surface area contributed by atoms with E-state index in [-0.39, 0.29) is 0 Å². The average molecular weight is 268 g/mol. The predicted molar refractivity (Wildman–Crippen MR) is 58.4 cm³/mol. The SMILES string of the molecule is OC1(c2ccc(Br)c3ncnn23)CCC1. The molecule has 0 saturated heterocycles. The summed E-state index contributed by atoms with van der Waals surface area (Å²) in [6.07, 6.45) is 4.20. The first-order valence-electron chi connectivity index (χ1n) is 4.92. The number of rotatable bonds is 1. The van der Waals surface area contributed by atoms with E-state index >= 15 is 0 Å². The standard InChI is InChI=1S/C10H10BrN3O/c11-7-2-3-8(10(15)4-1-5-10)14-9(7)12-6-13-14/h2-3,6,15H,1,4-5H2. The van der Waals surface area contributed by atoms with E-state index < -0.39 is 5.60 Å². The van der Waals surface area contributed by atoms with Crippen molar-refractivity contribution < 1.29 is 5.11 Å². The van der Waals surface area contributed by atoms with Gasteiger partial charge in [0.05, 0.1) is 10.2 Å². The van der Waals surface area contributed by atoms with Gasteiger partial charge in [0.2, 0.25) is 0 Å². The summed E-state index contributed by atoms with van der Waals surface area (Å²) < 4.78 is 2.61. The van der Waals surface area contributed by atoms with Gasteiger partial charge >= 0.3 is 0 Å². The van der Waals surface area contributed by atoms with E-state index in [0.29, 0.717) is 0 Å². The quantitative estimate of drug-likeness (QED) is 0.858. The van der Waals surface area contributed by atoms with E-state index in [1.807, 2.05) is 12.1 Å². The van der Waals surface area contributed by atoms with Crippen molar-refractivity contribution >= 4 is 21.6 Å². The van der Waals surface area contributed by atoms with Gasteiger partial charge in [-0.25, -0.2) is 9.50 Å². The molecule has 1 fully saturated rings. The van der Waals surface area contributed by atoms with Crippen LogP contribution in [0.25, 0.3) is 5.65 Å². The Balaban J connectivity index is 2.27. The minimum Gasteiger partial charge on any atom is -0.384 e. The van der Waals surface area contributed by atoms with Crippen molar-refractivity contribution in [1.29, 1.82) is 0 Å². The first kappa shape index (κ1) is 9.30. The van der Waals surface area contributed by atoms with E-state index in [9.17, 15) is 5.11 Å². The molecule has 3 rings (SSSR count). The van der Waals surface area contributed by atoms with Crippen molar-refractivity contribution in [3.63, 3.8) is 0 Å². The molecule has 0 aliphatic heterocycles. The lowest BCUT2D eigenvalue weighted by Gasteiger charge is -2.36. The zero-order chi connectivity index (χ0) is 10.5. The van der Waals surface area contributed by atoms with Crippen molar-refractivity contribution in [3.8, 4) is 0 Å². The molecular formula is C10H10BrN3O. The van der Waals surface area contributed by atoms with Crippen LogP contribution in [0.15, 0.2) is 22.9 Å². The molecule has 0 spiro atoms. The molecule has 1 aliphatic rings. The van der Waals surface area contributed by atoms with Crippen LogP contribution in [-0.4, -0.2) is 19.7 Å². The molecule has 15 heavy (non-hydrogen) atoms. The van der Waals surface area contributed by atoms with Crippen LogP contribution in [0.5, 0.6) is 0 Å². The van der Waals surface area contributed by atoms with Crippen LogP contribution < -0.4 is 0 Å². The van der Waals surface area contributed by atoms with Crippen LogP contribution in [-0.2, 0) is 5.60 Å². The molecule has 2 aromatic heterocycles. The number of aliphatic hydroxyl groups is 1. The second kappa shape index (κ2) is 3.02. The summed E-state index contributed by atoms with van der Waals surface area (Å²) in [5.41, 5.74) is 0.893. The summed E-state index contributed by atoms with van der Waals surface area (Å²) in [7, 11) is 0. The number of aromatic nitrogens is 3. The average Bonchev–Trinajstić information content (AvgIpc) is 2.64.